The van der Waals surface area contributed by atoms with E-state index in [0.717, 1.165) is 34.1 Å². The molecule has 3 amide bonds. The van der Waals surface area contributed by atoms with Crippen molar-refractivity contribution < 1.29 is 19.2 Å². The summed E-state index contributed by atoms with van der Waals surface area (Å²) < 4.78 is 0. The summed E-state index contributed by atoms with van der Waals surface area (Å²) in [4.78, 5) is 45.5. The molecule has 7 nitrogen and oxygen atoms in total. The first kappa shape index (κ1) is 28.0. The highest BCUT2D eigenvalue weighted by Crippen LogP contribution is 2.24. The highest BCUT2D eigenvalue weighted by atomic mass is 35.5. The quantitative estimate of drug-likeness (QED) is 0.237. The topological polar surface area (TPSA) is 104 Å². The molecule has 3 aromatic rings. The molecule has 0 unspecified atom stereocenters. The lowest BCUT2D eigenvalue weighted by Gasteiger charge is -2.18. The van der Waals surface area contributed by atoms with Gasteiger partial charge in [0.25, 0.3) is 11.8 Å². The molecular weight excluding hydrogens is 478 g/mol. The summed E-state index contributed by atoms with van der Waals surface area (Å²) in [7, 11) is 0. The Kier molecular flexibility index (Phi) is 11.1. The predicted molar refractivity (Wildman–Crippen MR) is 142 cm³/mol. The van der Waals surface area contributed by atoms with Crippen molar-refractivity contribution in [3.63, 3.8) is 0 Å². The fourth-order valence-corrected chi connectivity index (χ4v) is 3.43. The van der Waals surface area contributed by atoms with Crippen LogP contribution in [-0.2, 0) is 20.8 Å². The second-order valence-corrected chi connectivity index (χ2v) is 8.04. The average Bonchev–Trinajstić information content (AvgIpc) is 2.90. The third-order valence-corrected chi connectivity index (χ3v) is 5.35. The maximum Gasteiger partial charge on any atom is 0.261 e. The Labute approximate surface area is 215 Å². The largest absolute Gasteiger partial charge is 0.345 e. The van der Waals surface area contributed by atoms with Crippen LogP contribution in [0.3, 0.4) is 0 Å². The second-order valence-electron chi connectivity index (χ2n) is 7.67. The van der Waals surface area contributed by atoms with Crippen LogP contribution < -0.4 is 16.2 Å². The van der Waals surface area contributed by atoms with E-state index in [9.17, 15) is 19.2 Å². The van der Waals surface area contributed by atoms with Crippen molar-refractivity contribution in [2.24, 2.45) is 0 Å². The molecular formula is C28H28ClN3O4. The molecule has 0 spiro atoms. The Bertz CT molecular complexity index is 1270. The van der Waals surface area contributed by atoms with Crippen LogP contribution >= 0.6 is 11.6 Å². The van der Waals surface area contributed by atoms with Crippen LogP contribution in [0.2, 0.25) is 0 Å². The lowest BCUT2D eigenvalue weighted by Crippen LogP contribution is -2.40. The number of aryl methyl sites for hydroxylation is 1. The van der Waals surface area contributed by atoms with Crippen LogP contribution in [0.5, 0.6) is 0 Å². The van der Waals surface area contributed by atoms with E-state index in [-0.39, 0.29) is 24.3 Å². The zero-order valence-corrected chi connectivity index (χ0v) is 20.7. The Morgan fingerprint density at radius 2 is 1.53 bits per heavy atom. The summed E-state index contributed by atoms with van der Waals surface area (Å²) in [6.07, 6.45) is 2.60. The molecule has 3 N–H and O–H groups in total. The molecule has 3 aromatic carbocycles. The maximum atomic E-state index is 13.0. The summed E-state index contributed by atoms with van der Waals surface area (Å²) in [6.45, 7) is 8.35. The molecule has 0 aliphatic carbocycles. The molecule has 0 saturated carbocycles. The van der Waals surface area contributed by atoms with Crippen LogP contribution in [0, 0.1) is 0 Å². The maximum absolute atomic E-state index is 13.0. The van der Waals surface area contributed by atoms with Crippen molar-refractivity contribution in [2.45, 2.75) is 25.8 Å². The van der Waals surface area contributed by atoms with Crippen LogP contribution in [0.15, 0.2) is 92.0 Å². The standard InChI is InChI=1S/C25H25N3O3.C3H3ClO/c1-3-23(29)27-28-24(30)16-15-19-10-5-7-13-22(19)25(31)26-17(2)20-14-8-11-18-9-4-6-12-21(18)20;1-2-3(4)5/h3-14,17H,1,15-16H2,2H3,(H,26,31)(H,27,29)(H,28,30);2H,1H2/t17-;/m1./s1. The van der Waals surface area contributed by atoms with E-state index >= 15 is 0 Å². The van der Waals surface area contributed by atoms with E-state index in [2.05, 4.69) is 29.3 Å². The first-order valence-corrected chi connectivity index (χ1v) is 11.5. The van der Waals surface area contributed by atoms with Crippen molar-refractivity contribution in [3.8, 4) is 0 Å². The number of hydrazine groups is 1. The zero-order chi connectivity index (χ0) is 26.5. The van der Waals surface area contributed by atoms with Gasteiger partial charge in [0.2, 0.25) is 11.1 Å². The molecule has 0 bridgehead atoms. The monoisotopic (exact) mass is 505 g/mol. The molecule has 8 heteroatoms. The van der Waals surface area contributed by atoms with Crippen molar-refractivity contribution in [1.82, 2.24) is 16.2 Å². The third-order valence-electron chi connectivity index (χ3n) is 5.19. The summed E-state index contributed by atoms with van der Waals surface area (Å²) in [5.74, 6) is -1.04. The highest BCUT2D eigenvalue weighted by Gasteiger charge is 2.16. The van der Waals surface area contributed by atoms with Crippen LogP contribution in [-0.4, -0.2) is 23.0 Å². The number of fused-ring (bicyclic) bond motifs is 1. The van der Waals surface area contributed by atoms with Crippen molar-refractivity contribution in [3.05, 3.63) is 109 Å². The van der Waals surface area contributed by atoms with Crippen molar-refractivity contribution in [2.75, 3.05) is 0 Å². The Morgan fingerprint density at radius 3 is 2.22 bits per heavy atom. The lowest BCUT2D eigenvalue weighted by atomic mass is 9.98. The molecule has 0 heterocycles. The van der Waals surface area contributed by atoms with Gasteiger partial charge in [-0.25, -0.2) is 0 Å². The van der Waals surface area contributed by atoms with E-state index in [0.29, 0.717) is 12.0 Å². The molecule has 0 aliphatic rings. The van der Waals surface area contributed by atoms with E-state index in [1.165, 1.54) is 0 Å². The molecule has 0 radical (unpaired) electrons. The van der Waals surface area contributed by atoms with Gasteiger partial charge in [0, 0.05) is 12.0 Å². The van der Waals surface area contributed by atoms with Gasteiger partial charge >= 0.3 is 0 Å². The summed E-state index contributed by atoms with van der Waals surface area (Å²) in [5, 5.41) is 4.79. The number of carbonyl (C=O) groups excluding carboxylic acids is 4. The van der Waals surface area contributed by atoms with Gasteiger partial charge in [0.05, 0.1) is 6.04 Å². The Hall–Kier alpha value is -4.23. The smallest absolute Gasteiger partial charge is 0.261 e. The van der Waals surface area contributed by atoms with E-state index in [4.69, 9.17) is 11.6 Å². The number of amides is 3. The number of nitrogens with one attached hydrogen (secondary N) is 3. The third kappa shape index (κ3) is 8.52. The minimum absolute atomic E-state index is 0.126. The molecule has 0 aromatic heterocycles. The van der Waals surface area contributed by atoms with E-state index in [1.807, 2.05) is 61.5 Å². The van der Waals surface area contributed by atoms with E-state index < -0.39 is 11.1 Å². The Morgan fingerprint density at radius 1 is 0.889 bits per heavy atom. The van der Waals surface area contributed by atoms with Crippen LogP contribution in [0.1, 0.15) is 40.9 Å². The second kappa shape index (κ2) is 14.2. The van der Waals surface area contributed by atoms with Crippen molar-refractivity contribution >= 4 is 45.3 Å². The van der Waals surface area contributed by atoms with Crippen LogP contribution in [0.25, 0.3) is 10.8 Å². The van der Waals surface area contributed by atoms with Crippen LogP contribution in [0.4, 0.5) is 0 Å². The summed E-state index contributed by atoms with van der Waals surface area (Å²) in [6, 6.07) is 21.1. The summed E-state index contributed by atoms with van der Waals surface area (Å²) in [5.41, 5.74) is 6.87. The minimum atomic E-state index is -0.509. The van der Waals surface area contributed by atoms with Gasteiger partial charge in [-0.3, -0.25) is 30.0 Å². The summed E-state index contributed by atoms with van der Waals surface area (Å²) >= 11 is 4.71. The molecule has 1 atom stereocenters. The first-order valence-electron chi connectivity index (χ1n) is 11.2. The number of allylic oxidation sites excluding steroid dienone is 1. The predicted octanol–water partition coefficient (Wildman–Crippen LogP) is 4.53. The zero-order valence-electron chi connectivity index (χ0n) is 19.9. The molecule has 36 heavy (non-hydrogen) atoms. The Balaban J connectivity index is 0.000000830. The van der Waals surface area contributed by atoms with Gasteiger partial charge in [0.15, 0.2) is 0 Å². The van der Waals surface area contributed by atoms with Gasteiger partial charge in [0.1, 0.15) is 0 Å². The number of hydrogen-bond donors (Lipinski definition) is 3. The fraction of sp³-hybridized carbons (Fsp3) is 0.143. The number of benzene rings is 3. The van der Waals surface area contributed by atoms with Gasteiger partial charge in [-0.1, -0.05) is 73.8 Å². The van der Waals surface area contributed by atoms with Gasteiger partial charge < -0.3 is 5.32 Å². The van der Waals surface area contributed by atoms with Gasteiger partial charge in [-0.15, -0.1) is 0 Å². The molecule has 0 saturated heterocycles. The lowest BCUT2D eigenvalue weighted by molar-refractivity contribution is -0.126. The molecule has 186 valence electrons. The molecule has 0 fully saturated rings. The number of rotatable bonds is 8. The fourth-order valence-electron chi connectivity index (χ4n) is 3.43. The van der Waals surface area contributed by atoms with E-state index in [1.54, 1.807) is 12.1 Å². The van der Waals surface area contributed by atoms with Gasteiger partial charge in [-0.2, -0.15) is 0 Å². The highest BCUT2D eigenvalue weighted by molar-refractivity contribution is 6.66. The average molecular weight is 506 g/mol. The van der Waals surface area contributed by atoms with Crippen molar-refractivity contribution in [1.29, 1.82) is 0 Å². The normalized spacial score (nSPS) is 10.7. The minimum Gasteiger partial charge on any atom is -0.345 e. The SMILES string of the molecule is C=CC(=O)Cl.C=CC(=O)NNC(=O)CCc1ccccc1C(=O)N[C@H](C)c1cccc2ccccc12. The number of hydrogen-bond acceptors (Lipinski definition) is 4. The number of halogens is 1. The number of carbonyl (C=O) groups is 4. The first-order chi connectivity index (χ1) is 17.3. The van der Waals surface area contributed by atoms with Gasteiger partial charge in [-0.05, 0) is 65.1 Å². The molecule has 3 rings (SSSR count). The molecule has 0 aliphatic heterocycles.